The summed E-state index contributed by atoms with van der Waals surface area (Å²) in [5.41, 5.74) is 3.50. The molecule has 2 aliphatic heterocycles. The minimum Gasteiger partial charge on any atom is -0.367 e. The Bertz CT molecular complexity index is 1950. The van der Waals surface area contributed by atoms with Crippen LogP contribution >= 0.6 is 11.3 Å². The molecule has 250 valence electrons. The first kappa shape index (κ1) is 33.2. The van der Waals surface area contributed by atoms with Gasteiger partial charge in [0.1, 0.15) is 35.3 Å². The lowest BCUT2D eigenvalue weighted by atomic mass is 10.0. The Kier molecular flexibility index (Phi) is 9.23. The number of halogens is 3. The summed E-state index contributed by atoms with van der Waals surface area (Å²) in [6, 6.07) is 9.85. The number of carbonyl (C=O) groups is 1. The third-order valence-corrected chi connectivity index (χ3v) is 11.6. The van der Waals surface area contributed by atoms with Crippen LogP contribution in [0.2, 0.25) is 0 Å². The van der Waals surface area contributed by atoms with E-state index in [1.165, 1.54) is 6.33 Å². The Morgan fingerprint density at radius 1 is 1.13 bits per heavy atom. The summed E-state index contributed by atoms with van der Waals surface area (Å²) in [5.74, 6) is 4.24. The molecule has 0 saturated carbocycles. The van der Waals surface area contributed by atoms with Crippen molar-refractivity contribution in [3.63, 3.8) is 0 Å². The molecule has 1 atom stereocenters. The van der Waals surface area contributed by atoms with E-state index in [0.717, 1.165) is 65.8 Å². The molecule has 2 aliphatic rings. The Balaban J connectivity index is 1.09. The largest absolute Gasteiger partial charge is 0.393 e. The zero-order valence-corrected chi connectivity index (χ0v) is 28.0. The summed E-state index contributed by atoms with van der Waals surface area (Å²) >= 11 is 1.05. The van der Waals surface area contributed by atoms with Gasteiger partial charge < -0.3 is 14.8 Å². The molecule has 6 rings (SSSR count). The van der Waals surface area contributed by atoms with Gasteiger partial charge in [0, 0.05) is 83.6 Å². The maximum absolute atomic E-state index is 13.2. The predicted octanol–water partition coefficient (Wildman–Crippen LogP) is 4.41. The number of nitriles is 1. The molecule has 2 fully saturated rings. The van der Waals surface area contributed by atoms with Gasteiger partial charge in [0.05, 0.1) is 11.8 Å². The zero-order valence-electron chi connectivity index (χ0n) is 26.3. The number of nitrogens with one attached hydrogen (secondary N) is 1. The zero-order chi connectivity index (χ0) is 33.5. The number of amides is 1. The maximum Gasteiger partial charge on any atom is 0.393 e. The molecule has 0 spiro atoms. The number of aryl methyl sites for hydroxylation is 1. The Morgan fingerprint density at radius 2 is 1.85 bits per heavy atom. The van der Waals surface area contributed by atoms with Crippen LogP contribution in [-0.2, 0) is 34.0 Å². The van der Waals surface area contributed by atoms with E-state index < -0.39 is 22.3 Å². The summed E-state index contributed by atoms with van der Waals surface area (Å²) in [7, 11) is -2.30. The lowest BCUT2D eigenvalue weighted by Gasteiger charge is -2.35. The Morgan fingerprint density at radius 3 is 2.51 bits per heavy atom. The number of benzene rings is 1. The van der Waals surface area contributed by atoms with E-state index in [9.17, 15) is 27.4 Å². The van der Waals surface area contributed by atoms with Crippen LogP contribution in [0, 0.1) is 18.3 Å². The highest BCUT2D eigenvalue weighted by molar-refractivity contribution is 7.97. The summed E-state index contributed by atoms with van der Waals surface area (Å²) in [4.78, 5) is 26.6. The predicted molar refractivity (Wildman–Crippen MR) is 180 cm³/mol. The second kappa shape index (κ2) is 13.1. The van der Waals surface area contributed by atoms with Gasteiger partial charge in [-0.1, -0.05) is 6.07 Å². The van der Waals surface area contributed by atoms with E-state index in [4.69, 9.17) is 0 Å². The number of thiophene rings is 1. The number of alkyl halides is 3. The molecule has 0 bridgehead atoms. The van der Waals surface area contributed by atoms with Crippen molar-refractivity contribution >= 4 is 59.8 Å². The van der Waals surface area contributed by atoms with Crippen molar-refractivity contribution in [2.24, 2.45) is 0 Å². The second-order valence-corrected chi connectivity index (χ2v) is 16.0. The average Bonchev–Trinajstić information content (AvgIpc) is 3.59. The third kappa shape index (κ3) is 7.40. The van der Waals surface area contributed by atoms with Crippen LogP contribution in [-0.4, -0.2) is 102 Å². The van der Waals surface area contributed by atoms with Crippen molar-refractivity contribution in [1.29, 1.82) is 5.26 Å². The summed E-state index contributed by atoms with van der Waals surface area (Å²) < 4.78 is 54.7. The van der Waals surface area contributed by atoms with Crippen molar-refractivity contribution in [2.45, 2.75) is 51.5 Å². The molecule has 5 heterocycles. The molecular formula is C32H37F3N8O2S2. The number of fused-ring (bicyclic) bond motifs is 2. The van der Waals surface area contributed by atoms with E-state index in [1.54, 1.807) is 21.8 Å². The quantitative estimate of drug-likeness (QED) is 0.274. The topological polar surface area (TPSA) is 110 Å². The van der Waals surface area contributed by atoms with Crippen LogP contribution in [0.4, 0.5) is 19.0 Å². The first-order chi connectivity index (χ1) is 22.3. The van der Waals surface area contributed by atoms with Gasteiger partial charge in [-0.05, 0) is 55.0 Å². The molecule has 15 heteroatoms. The van der Waals surface area contributed by atoms with Gasteiger partial charge in [0.15, 0.2) is 0 Å². The van der Waals surface area contributed by atoms with Crippen LogP contribution < -0.4 is 5.32 Å². The second-order valence-electron chi connectivity index (χ2n) is 12.4. The fraction of sp³-hybridized carbons (Fsp3) is 0.469. The van der Waals surface area contributed by atoms with Gasteiger partial charge in [-0.3, -0.25) is 13.9 Å². The fourth-order valence-electron chi connectivity index (χ4n) is 6.49. The van der Waals surface area contributed by atoms with E-state index in [2.05, 4.69) is 38.2 Å². The van der Waals surface area contributed by atoms with Crippen LogP contribution in [0.1, 0.15) is 34.5 Å². The number of carbonyl (C=O) groups excluding carboxylic acids is 1. The average molecular weight is 687 g/mol. The Hall–Kier alpha value is -3.71. The molecule has 1 N–H and O–H groups in total. The smallest absolute Gasteiger partial charge is 0.367 e. The number of hydrogen-bond acceptors (Lipinski definition) is 8. The molecule has 47 heavy (non-hydrogen) atoms. The minimum atomic E-state index is -4.27. The minimum absolute atomic E-state index is 0.0607. The van der Waals surface area contributed by atoms with Crippen LogP contribution in [0.3, 0.4) is 0 Å². The molecule has 10 nitrogen and oxygen atoms in total. The van der Waals surface area contributed by atoms with Crippen molar-refractivity contribution < 1.29 is 22.2 Å². The van der Waals surface area contributed by atoms with Gasteiger partial charge in [0.2, 0.25) is 5.91 Å². The third-order valence-electron chi connectivity index (χ3n) is 9.09. The van der Waals surface area contributed by atoms with Gasteiger partial charge in [0.25, 0.3) is 0 Å². The number of nitrogens with zero attached hydrogens (tertiary/aromatic N) is 7. The SMILES string of the molecule is C=S(C)(=O)N1CCN(C(=O)Cn2c(C#N)cc3c(C)c(CN4CCC(Nc5ncnc6sc(CC(F)(F)F)cc56)CC4)ccc32)CC1. The molecule has 0 aliphatic carbocycles. The Labute approximate surface area is 275 Å². The molecular weight excluding hydrogens is 650 g/mol. The summed E-state index contributed by atoms with van der Waals surface area (Å²) in [6.45, 7) is 6.46. The van der Waals surface area contributed by atoms with Gasteiger partial charge in [-0.2, -0.15) is 18.4 Å². The van der Waals surface area contributed by atoms with Crippen molar-refractivity contribution in [3.8, 4) is 6.07 Å². The number of hydrogen-bond donors (Lipinski definition) is 1. The highest BCUT2D eigenvalue weighted by Gasteiger charge is 2.30. The molecule has 0 radical (unpaired) electrons. The van der Waals surface area contributed by atoms with Crippen molar-refractivity contribution in [3.05, 3.63) is 52.3 Å². The first-order valence-electron chi connectivity index (χ1n) is 15.4. The van der Waals surface area contributed by atoms with E-state index in [1.807, 2.05) is 23.4 Å². The molecule has 3 aromatic heterocycles. The van der Waals surface area contributed by atoms with E-state index >= 15 is 0 Å². The van der Waals surface area contributed by atoms with Gasteiger partial charge in [-0.25, -0.2) is 14.3 Å². The number of anilines is 1. The highest BCUT2D eigenvalue weighted by atomic mass is 32.2. The standard InChI is InChI=1S/C32H37F3N8O2S2/c1-21-22(4-5-28-26(21)14-24(17-36)43(28)19-29(44)41-10-12-42(13-11-41)47(2,3)45)18-40-8-6-23(7-9-40)39-30-27-15-25(16-32(33,34)35)46-31(27)38-20-37-30/h4-5,14-15,20,23H,2,6-13,16,18-19H2,1,3H3,(H,37,38,39). The summed E-state index contributed by atoms with van der Waals surface area (Å²) in [5, 5.41) is 14.9. The molecule has 1 amide bonds. The molecule has 1 aromatic carbocycles. The van der Waals surface area contributed by atoms with Crippen molar-refractivity contribution in [2.75, 3.05) is 50.8 Å². The number of rotatable bonds is 8. The summed E-state index contributed by atoms with van der Waals surface area (Å²) in [6.07, 6.45) is -0.546. The first-order valence-corrected chi connectivity index (χ1v) is 18.4. The van der Waals surface area contributed by atoms with Gasteiger partial charge in [-0.15, -0.1) is 11.3 Å². The fourth-order valence-corrected chi connectivity index (χ4v) is 8.45. The van der Waals surface area contributed by atoms with Gasteiger partial charge >= 0.3 is 6.18 Å². The van der Waals surface area contributed by atoms with Crippen LogP contribution in [0.5, 0.6) is 0 Å². The molecule has 4 aromatic rings. The highest BCUT2D eigenvalue weighted by Crippen LogP contribution is 2.33. The monoisotopic (exact) mass is 686 g/mol. The molecule has 1 unspecified atom stereocenters. The number of aromatic nitrogens is 3. The number of piperazine rings is 1. The normalized spacial score (nSPS) is 18.4. The van der Waals surface area contributed by atoms with Crippen molar-refractivity contribution in [1.82, 2.24) is 28.6 Å². The van der Waals surface area contributed by atoms with Crippen LogP contribution in [0.25, 0.3) is 21.1 Å². The number of likely N-dealkylation sites (tertiary alicyclic amines) is 1. The maximum atomic E-state index is 13.2. The van der Waals surface area contributed by atoms with E-state index in [-0.39, 0.29) is 23.4 Å². The van der Waals surface area contributed by atoms with E-state index in [0.29, 0.717) is 47.9 Å². The molecule has 2 saturated heterocycles. The van der Waals surface area contributed by atoms with Crippen LogP contribution in [0.15, 0.2) is 30.6 Å². The lowest BCUT2D eigenvalue weighted by molar-refractivity contribution is -0.133. The number of piperidine rings is 1. The lowest BCUT2D eigenvalue weighted by Crippen LogP contribution is -2.50.